The van der Waals surface area contributed by atoms with Crippen molar-refractivity contribution in [3.8, 4) is 28.8 Å². The van der Waals surface area contributed by atoms with Crippen LogP contribution in [0.2, 0.25) is 0 Å². The molecule has 2 aromatic heterocycles. The lowest BCUT2D eigenvalue weighted by Crippen LogP contribution is -2.15. The van der Waals surface area contributed by atoms with Crippen molar-refractivity contribution in [2.45, 2.75) is 6.92 Å². The van der Waals surface area contributed by atoms with Crippen LogP contribution in [0.3, 0.4) is 0 Å². The Kier molecular flexibility index (Phi) is 2.76. The van der Waals surface area contributed by atoms with E-state index < -0.39 is 0 Å². The molecule has 22 heavy (non-hydrogen) atoms. The van der Waals surface area contributed by atoms with Crippen LogP contribution in [-0.2, 0) is 0 Å². The normalized spacial score (nSPS) is 13.1. The summed E-state index contributed by atoms with van der Waals surface area (Å²) in [5.74, 6) is 1.43. The van der Waals surface area contributed by atoms with Gasteiger partial charge in [0.1, 0.15) is 30.6 Å². The molecule has 3 heterocycles. The number of nitriles is 1. The van der Waals surface area contributed by atoms with E-state index in [1.807, 2.05) is 47.9 Å². The van der Waals surface area contributed by atoms with Crippen LogP contribution in [0.4, 0.5) is 0 Å². The first kappa shape index (κ1) is 12.7. The van der Waals surface area contributed by atoms with Gasteiger partial charge in [-0.05, 0) is 36.8 Å². The third kappa shape index (κ3) is 1.81. The predicted molar refractivity (Wildman–Crippen MR) is 81.1 cm³/mol. The Labute approximate surface area is 127 Å². The van der Waals surface area contributed by atoms with Crippen LogP contribution in [0.25, 0.3) is 16.9 Å². The van der Waals surface area contributed by atoms with Crippen LogP contribution in [0.1, 0.15) is 11.3 Å². The van der Waals surface area contributed by atoms with Gasteiger partial charge in [-0.3, -0.25) is 4.40 Å². The molecule has 108 valence electrons. The highest BCUT2D eigenvalue weighted by molar-refractivity contribution is 5.72. The molecular weight excluding hydrogens is 278 g/mol. The maximum atomic E-state index is 9.53. The van der Waals surface area contributed by atoms with E-state index in [2.05, 4.69) is 11.1 Å². The molecular formula is C17H13N3O2. The van der Waals surface area contributed by atoms with Crippen LogP contribution in [0, 0.1) is 18.3 Å². The Morgan fingerprint density at radius 3 is 2.82 bits per heavy atom. The molecule has 0 fully saturated rings. The van der Waals surface area contributed by atoms with E-state index in [9.17, 15) is 5.26 Å². The van der Waals surface area contributed by atoms with E-state index in [4.69, 9.17) is 9.47 Å². The fraction of sp³-hybridized carbons (Fsp3) is 0.176. The van der Waals surface area contributed by atoms with E-state index in [0.717, 1.165) is 22.5 Å². The van der Waals surface area contributed by atoms with Crippen molar-refractivity contribution in [1.82, 2.24) is 9.38 Å². The van der Waals surface area contributed by atoms with Crippen LogP contribution in [0.5, 0.6) is 11.5 Å². The minimum Gasteiger partial charge on any atom is -0.486 e. The highest BCUT2D eigenvalue weighted by Crippen LogP contribution is 2.35. The number of imidazole rings is 1. The Morgan fingerprint density at radius 2 is 2.00 bits per heavy atom. The molecule has 0 bridgehead atoms. The molecule has 0 saturated carbocycles. The lowest BCUT2D eigenvalue weighted by Gasteiger charge is -2.18. The molecule has 0 aliphatic carbocycles. The van der Waals surface area contributed by atoms with Crippen molar-refractivity contribution in [3.63, 3.8) is 0 Å². The topological polar surface area (TPSA) is 59.5 Å². The Hall–Kier alpha value is -3.00. The Bertz CT molecular complexity index is 922. The van der Waals surface area contributed by atoms with Crippen molar-refractivity contribution in [2.75, 3.05) is 13.2 Å². The van der Waals surface area contributed by atoms with Crippen LogP contribution < -0.4 is 9.47 Å². The van der Waals surface area contributed by atoms with Gasteiger partial charge in [-0.2, -0.15) is 5.26 Å². The highest BCUT2D eigenvalue weighted by Gasteiger charge is 2.18. The second-order valence-corrected chi connectivity index (χ2v) is 5.16. The first-order valence-corrected chi connectivity index (χ1v) is 7.06. The van der Waals surface area contributed by atoms with Crippen LogP contribution in [-0.4, -0.2) is 22.6 Å². The van der Waals surface area contributed by atoms with Gasteiger partial charge in [-0.15, -0.1) is 0 Å². The molecule has 0 spiro atoms. The van der Waals surface area contributed by atoms with Crippen molar-refractivity contribution in [2.24, 2.45) is 0 Å². The molecule has 0 amide bonds. The number of rotatable bonds is 1. The first-order valence-electron chi connectivity index (χ1n) is 7.06. The summed E-state index contributed by atoms with van der Waals surface area (Å²) in [5.41, 5.74) is 3.86. The molecule has 3 aromatic rings. The molecule has 0 N–H and O–H groups in total. The third-order valence-electron chi connectivity index (χ3n) is 3.77. The maximum Gasteiger partial charge on any atom is 0.162 e. The van der Waals surface area contributed by atoms with Crippen LogP contribution in [0.15, 0.2) is 36.5 Å². The van der Waals surface area contributed by atoms with Gasteiger partial charge in [-0.1, -0.05) is 6.07 Å². The van der Waals surface area contributed by atoms with E-state index in [1.165, 1.54) is 0 Å². The van der Waals surface area contributed by atoms with E-state index >= 15 is 0 Å². The van der Waals surface area contributed by atoms with Gasteiger partial charge in [-0.25, -0.2) is 4.98 Å². The molecule has 0 saturated heterocycles. The average Bonchev–Trinajstić information content (AvgIpc) is 2.94. The second-order valence-electron chi connectivity index (χ2n) is 5.16. The number of fused-ring (bicyclic) bond motifs is 2. The summed E-state index contributed by atoms with van der Waals surface area (Å²) >= 11 is 0. The summed E-state index contributed by atoms with van der Waals surface area (Å²) in [7, 11) is 0. The van der Waals surface area contributed by atoms with E-state index in [0.29, 0.717) is 30.4 Å². The van der Waals surface area contributed by atoms with Crippen molar-refractivity contribution in [1.29, 1.82) is 5.26 Å². The summed E-state index contributed by atoms with van der Waals surface area (Å²) in [6.07, 6.45) is 1.86. The number of nitrogens with zero attached hydrogens (tertiary/aromatic N) is 3. The number of pyridine rings is 1. The smallest absolute Gasteiger partial charge is 0.162 e. The fourth-order valence-corrected chi connectivity index (χ4v) is 2.70. The van der Waals surface area contributed by atoms with Gasteiger partial charge in [0, 0.05) is 11.8 Å². The summed E-state index contributed by atoms with van der Waals surface area (Å²) < 4.78 is 13.0. The van der Waals surface area contributed by atoms with Gasteiger partial charge >= 0.3 is 0 Å². The molecule has 1 aliphatic heterocycles. The minimum atomic E-state index is 0.523. The van der Waals surface area contributed by atoms with E-state index in [-0.39, 0.29) is 0 Å². The second kappa shape index (κ2) is 4.78. The molecule has 5 heteroatoms. The van der Waals surface area contributed by atoms with Crippen molar-refractivity contribution < 1.29 is 9.47 Å². The van der Waals surface area contributed by atoms with Crippen molar-refractivity contribution >= 4 is 5.65 Å². The molecule has 0 atom stereocenters. The molecule has 1 aromatic carbocycles. The standard InChI is InChI=1S/C17H13N3O2/c1-11-3-2-6-20-13(10-18)16(19-17(11)20)12-4-5-14-15(9-12)22-8-7-21-14/h2-6,9H,7-8H2,1H3. The van der Waals surface area contributed by atoms with Gasteiger partial charge in [0.2, 0.25) is 0 Å². The lowest BCUT2D eigenvalue weighted by atomic mass is 10.1. The fourth-order valence-electron chi connectivity index (χ4n) is 2.70. The molecule has 0 radical (unpaired) electrons. The first-order chi connectivity index (χ1) is 10.8. The maximum absolute atomic E-state index is 9.53. The number of hydrogen-bond donors (Lipinski definition) is 0. The summed E-state index contributed by atoms with van der Waals surface area (Å²) in [6.45, 7) is 3.08. The zero-order chi connectivity index (χ0) is 15.1. The van der Waals surface area contributed by atoms with E-state index in [1.54, 1.807) is 0 Å². The highest BCUT2D eigenvalue weighted by atomic mass is 16.6. The Balaban J connectivity index is 1.94. The zero-order valence-corrected chi connectivity index (χ0v) is 12.0. The SMILES string of the molecule is Cc1cccn2c(C#N)c(-c3ccc4c(c3)OCCO4)nc12. The number of aryl methyl sites for hydroxylation is 1. The predicted octanol–water partition coefficient (Wildman–Crippen LogP) is 2.95. The monoisotopic (exact) mass is 291 g/mol. The van der Waals surface area contributed by atoms with Crippen molar-refractivity contribution in [3.05, 3.63) is 47.8 Å². The quantitative estimate of drug-likeness (QED) is 0.691. The number of aromatic nitrogens is 2. The molecule has 4 rings (SSSR count). The van der Waals surface area contributed by atoms with Crippen LogP contribution >= 0.6 is 0 Å². The van der Waals surface area contributed by atoms with Gasteiger partial charge in [0.15, 0.2) is 17.2 Å². The number of hydrogen-bond acceptors (Lipinski definition) is 4. The molecule has 0 unspecified atom stereocenters. The lowest BCUT2D eigenvalue weighted by molar-refractivity contribution is 0.171. The zero-order valence-electron chi connectivity index (χ0n) is 12.0. The number of benzene rings is 1. The summed E-state index contributed by atoms with van der Waals surface area (Å²) in [4.78, 5) is 4.65. The molecule has 1 aliphatic rings. The van der Waals surface area contributed by atoms with Gasteiger partial charge < -0.3 is 9.47 Å². The minimum absolute atomic E-state index is 0.523. The largest absolute Gasteiger partial charge is 0.486 e. The summed E-state index contributed by atoms with van der Waals surface area (Å²) in [6, 6.07) is 11.8. The number of ether oxygens (including phenoxy) is 2. The van der Waals surface area contributed by atoms with Gasteiger partial charge in [0.25, 0.3) is 0 Å². The molecule has 5 nitrogen and oxygen atoms in total. The van der Waals surface area contributed by atoms with Gasteiger partial charge in [0.05, 0.1) is 0 Å². The average molecular weight is 291 g/mol. The third-order valence-corrected chi connectivity index (χ3v) is 3.77. The Morgan fingerprint density at radius 1 is 1.18 bits per heavy atom. The summed E-state index contributed by atoms with van der Waals surface area (Å²) in [5, 5.41) is 9.53.